The van der Waals surface area contributed by atoms with Gasteiger partial charge in [-0.1, -0.05) is 6.92 Å². The lowest BCUT2D eigenvalue weighted by Gasteiger charge is -2.07. The molecule has 0 unspecified atom stereocenters. The topological polar surface area (TPSA) is 68.9 Å². The molecule has 0 aliphatic rings. The molecular weight excluding hydrogens is 190 g/mol. The standard InChI is InChI=1S/C11H13N3O/c1-2-5-14-11-4-3-10(15-8-13)6-9(11)7-12/h3-4,6,8,13-14H,2,5H2,1H3. The molecule has 0 amide bonds. The lowest BCUT2D eigenvalue weighted by atomic mass is 10.2. The van der Waals surface area contributed by atoms with Crippen molar-refractivity contribution in [1.82, 2.24) is 0 Å². The van der Waals surface area contributed by atoms with E-state index in [-0.39, 0.29) is 0 Å². The van der Waals surface area contributed by atoms with Crippen LogP contribution in [0.3, 0.4) is 0 Å². The number of benzene rings is 1. The molecule has 78 valence electrons. The zero-order chi connectivity index (χ0) is 11.1. The van der Waals surface area contributed by atoms with Crippen molar-refractivity contribution in [2.75, 3.05) is 11.9 Å². The summed E-state index contributed by atoms with van der Waals surface area (Å²) in [5.41, 5.74) is 1.33. The average Bonchev–Trinajstić information content (AvgIpc) is 2.27. The van der Waals surface area contributed by atoms with Gasteiger partial charge in [-0.2, -0.15) is 5.26 Å². The van der Waals surface area contributed by atoms with E-state index in [1.165, 1.54) is 0 Å². The van der Waals surface area contributed by atoms with Crippen LogP contribution >= 0.6 is 0 Å². The van der Waals surface area contributed by atoms with E-state index in [0.717, 1.165) is 25.1 Å². The van der Waals surface area contributed by atoms with Crippen molar-refractivity contribution in [3.05, 3.63) is 23.8 Å². The second kappa shape index (κ2) is 5.66. The molecule has 4 nitrogen and oxygen atoms in total. The Morgan fingerprint density at radius 3 is 3.00 bits per heavy atom. The van der Waals surface area contributed by atoms with E-state index in [0.29, 0.717) is 11.3 Å². The molecule has 1 rings (SSSR count). The second-order valence-corrected chi connectivity index (χ2v) is 2.98. The molecule has 2 N–H and O–H groups in total. The predicted octanol–water partition coefficient (Wildman–Crippen LogP) is 2.37. The van der Waals surface area contributed by atoms with Crippen molar-refractivity contribution >= 4 is 12.1 Å². The third-order valence-electron chi connectivity index (χ3n) is 1.87. The Bertz CT molecular complexity index is 382. The molecule has 0 bridgehead atoms. The maximum atomic E-state index is 8.91. The largest absolute Gasteiger partial charge is 0.446 e. The monoisotopic (exact) mass is 203 g/mol. The molecule has 0 saturated heterocycles. The van der Waals surface area contributed by atoms with Crippen LogP contribution in [0.1, 0.15) is 18.9 Å². The number of hydrogen-bond acceptors (Lipinski definition) is 4. The molecule has 0 fully saturated rings. The lowest BCUT2D eigenvalue weighted by molar-refractivity contribution is 0.570. The second-order valence-electron chi connectivity index (χ2n) is 2.98. The fourth-order valence-electron chi connectivity index (χ4n) is 1.17. The highest BCUT2D eigenvalue weighted by Crippen LogP contribution is 2.21. The molecule has 4 heteroatoms. The number of hydrogen-bond donors (Lipinski definition) is 2. The van der Waals surface area contributed by atoms with Crippen molar-refractivity contribution in [1.29, 1.82) is 10.7 Å². The minimum Gasteiger partial charge on any atom is -0.446 e. The first-order chi connectivity index (χ1) is 7.31. The summed E-state index contributed by atoms with van der Waals surface area (Å²) in [5, 5.41) is 18.8. The highest BCUT2D eigenvalue weighted by molar-refractivity contribution is 5.61. The Morgan fingerprint density at radius 1 is 1.60 bits per heavy atom. The number of nitriles is 1. The Kier molecular flexibility index (Phi) is 4.17. The van der Waals surface area contributed by atoms with Gasteiger partial charge in [0.1, 0.15) is 11.8 Å². The van der Waals surface area contributed by atoms with Gasteiger partial charge in [0.2, 0.25) is 0 Å². The summed E-state index contributed by atoms with van der Waals surface area (Å²) in [5.74, 6) is 0.503. The van der Waals surface area contributed by atoms with Gasteiger partial charge in [0.25, 0.3) is 0 Å². The molecule has 0 aliphatic heterocycles. The third kappa shape index (κ3) is 2.99. The number of anilines is 1. The summed E-state index contributed by atoms with van der Waals surface area (Å²) >= 11 is 0. The van der Waals surface area contributed by atoms with Crippen LogP contribution in [-0.2, 0) is 0 Å². The van der Waals surface area contributed by atoms with E-state index in [9.17, 15) is 0 Å². The van der Waals surface area contributed by atoms with E-state index in [4.69, 9.17) is 15.4 Å². The highest BCUT2D eigenvalue weighted by atomic mass is 16.5. The normalized spacial score (nSPS) is 9.07. The zero-order valence-corrected chi connectivity index (χ0v) is 8.58. The maximum absolute atomic E-state index is 8.91. The summed E-state index contributed by atoms with van der Waals surface area (Å²) < 4.78 is 4.87. The summed E-state index contributed by atoms with van der Waals surface area (Å²) in [6.45, 7) is 2.89. The Morgan fingerprint density at radius 2 is 2.40 bits per heavy atom. The molecular formula is C11H13N3O. The number of rotatable bonds is 5. The van der Waals surface area contributed by atoms with Crippen LogP contribution in [0.4, 0.5) is 5.69 Å². The summed E-state index contributed by atoms with van der Waals surface area (Å²) in [6, 6.07) is 7.21. The van der Waals surface area contributed by atoms with E-state index in [1.54, 1.807) is 18.2 Å². The maximum Gasteiger partial charge on any atom is 0.173 e. The van der Waals surface area contributed by atoms with Crippen LogP contribution in [-0.4, -0.2) is 12.9 Å². The summed E-state index contributed by atoms with van der Waals surface area (Å²) in [6.07, 6.45) is 1.85. The fourth-order valence-corrected chi connectivity index (χ4v) is 1.17. The summed E-state index contributed by atoms with van der Waals surface area (Å²) in [7, 11) is 0. The van der Waals surface area contributed by atoms with Crippen molar-refractivity contribution in [2.45, 2.75) is 13.3 Å². The van der Waals surface area contributed by atoms with Crippen molar-refractivity contribution in [3.63, 3.8) is 0 Å². The first-order valence-corrected chi connectivity index (χ1v) is 4.75. The van der Waals surface area contributed by atoms with Crippen molar-refractivity contribution < 1.29 is 4.74 Å². The van der Waals surface area contributed by atoms with Crippen LogP contribution in [0, 0.1) is 16.7 Å². The molecule has 0 atom stereocenters. The highest BCUT2D eigenvalue weighted by Gasteiger charge is 2.02. The smallest absolute Gasteiger partial charge is 0.173 e. The Hall–Kier alpha value is -2.02. The molecule has 1 aromatic carbocycles. The molecule has 15 heavy (non-hydrogen) atoms. The fraction of sp³-hybridized carbons (Fsp3) is 0.273. The first-order valence-electron chi connectivity index (χ1n) is 4.75. The predicted molar refractivity (Wildman–Crippen MR) is 59.3 cm³/mol. The Balaban J connectivity index is 2.89. The Labute approximate surface area is 89.0 Å². The number of nitrogens with zero attached hydrogens (tertiary/aromatic N) is 1. The quantitative estimate of drug-likeness (QED) is 0.570. The van der Waals surface area contributed by atoms with Gasteiger partial charge in [-0.15, -0.1) is 0 Å². The van der Waals surface area contributed by atoms with Crippen LogP contribution in [0.15, 0.2) is 18.2 Å². The molecule has 1 aromatic rings. The van der Waals surface area contributed by atoms with Gasteiger partial charge in [-0.25, -0.2) is 0 Å². The minimum atomic E-state index is 0.503. The van der Waals surface area contributed by atoms with Crippen LogP contribution < -0.4 is 10.1 Å². The molecule has 0 radical (unpaired) electrons. The van der Waals surface area contributed by atoms with Gasteiger partial charge in [0.15, 0.2) is 6.40 Å². The minimum absolute atomic E-state index is 0.503. The van der Waals surface area contributed by atoms with E-state index in [1.807, 2.05) is 0 Å². The van der Waals surface area contributed by atoms with Gasteiger partial charge >= 0.3 is 0 Å². The zero-order valence-electron chi connectivity index (χ0n) is 8.58. The number of ether oxygens (including phenoxy) is 1. The van der Waals surface area contributed by atoms with Gasteiger partial charge < -0.3 is 10.1 Å². The van der Waals surface area contributed by atoms with Gasteiger partial charge in [-0.3, -0.25) is 5.41 Å². The molecule has 0 heterocycles. The first kappa shape index (κ1) is 11.1. The summed E-state index contributed by atoms with van der Waals surface area (Å²) in [4.78, 5) is 0. The van der Waals surface area contributed by atoms with Crippen LogP contribution in [0.5, 0.6) is 5.75 Å². The third-order valence-corrected chi connectivity index (χ3v) is 1.87. The molecule has 0 aliphatic carbocycles. The van der Waals surface area contributed by atoms with Gasteiger partial charge in [-0.05, 0) is 18.6 Å². The SMILES string of the molecule is CCCNc1ccc(OC=N)cc1C#N. The van der Waals surface area contributed by atoms with Crippen LogP contribution in [0.2, 0.25) is 0 Å². The van der Waals surface area contributed by atoms with Gasteiger partial charge in [0, 0.05) is 12.6 Å². The molecule has 0 aromatic heterocycles. The molecule has 0 spiro atoms. The van der Waals surface area contributed by atoms with Gasteiger partial charge in [0.05, 0.1) is 11.3 Å². The van der Waals surface area contributed by atoms with Crippen LogP contribution in [0.25, 0.3) is 0 Å². The van der Waals surface area contributed by atoms with E-state index in [2.05, 4.69) is 18.3 Å². The van der Waals surface area contributed by atoms with Crippen molar-refractivity contribution in [3.8, 4) is 11.8 Å². The van der Waals surface area contributed by atoms with Crippen molar-refractivity contribution in [2.24, 2.45) is 0 Å². The van der Waals surface area contributed by atoms with E-state index >= 15 is 0 Å². The molecule has 0 saturated carbocycles. The lowest BCUT2D eigenvalue weighted by Crippen LogP contribution is -2.02. The van der Waals surface area contributed by atoms with E-state index < -0.39 is 0 Å². The number of nitrogens with one attached hydrogen (secondary N) is 2. The average molecular weight is 203 g/mol.